The van der Waals surface area contributed by atoms with E-state index in [4.69, 9.17) is 21.4 Å². The van der Waals surface area contributed by atoms with E-state index in [9.17, 15) is 0 Å². The van der Waals surface area contributed by atoms with Crippen molar-refractivity contribution < 1.29 is 0 Å². The number of hydrogen-bond donors (Lipinski definition) is 3. The van der Waals surface area contributed by atoms with Crippen molar-refractivity contribution in [3.05, 3.63) is 174 Å². The largest absolute Gasteiger partial charge is 0.397 e. The maximum Gasteiger partial charge on any atom is 0.0944 e. The van der Waals surface area contributed by atoms with Crippen LogP contribution in [0.1, 0.15) is 37.1 Å². The number of rotatable bonds is 6. The number of hydrogen-bond acceptors (Lipinski definition) is 4. The lowest BCUT2D eigenvalue weighted by Crippen LogP contribution is -2.17. The van der Waals surface area contributed by atoms with Gasteiger partial charge < -0.3 is 11.5 Å². The quantitative estimate of drug-likeness (QED) is 0.118. The van der Waals surface area contributed by atoms with Crippen LogP contribution in [0.4, 0.5) is 5.69 Å². The van der Waals surface area contributed by atoms with E-state index in [0.717, 1.165) is 68.8 Å². The van der Waals surface area contributed by atoms with Crippen molar-refractivity contribution in [2.24, 2.45) is 5.73 Å². The van der Waals surface area contributed by atoms with Gasteiger partial charge in [0.05, 0.1) is 34.0 Å². The van der Waals surface area contributed by atoms with E-state index >= 15 is 0 Å². The number of nitrogens with two attached hydrogens (primary N) is 2. The van der Waals surface area contributed by atoms with E-state index in [2.05, 4.69) is 152 Å². The van der Waals surface area contributed by atoms with Gasteiger partial charge in [0.25, 0.3) is 0 Å². The number of pyridine rings is 2. The van der Waals surface area contributed by atoms with E-state index in [-0.39, 0.29) is 0 Å². The molecule has 0 unspecified atom stereocenters. The first-order chi connectivity index (χ1) is 26.3. The first-order valence-corrected chi connectivity index (χ1v) is 21.4. The maximum absolute atomic E-state index is 6.77. The van der Waals surface area contributed by atoms with Crippen LogP contribution < -0.4 is 11.5 Å². The summed E-state index contributed by atoms with van der Waals surface area (Å²) in [6.45, 7) is 4.04. The molecule has 0 bridgehead atoms. The zero-order valence-electron chi connectivity index (χ0n) is 30.9. The summed E-state index contributed by atoms with van der Waals surface area (Å²) in [7, 11) is -3.38. The lowest BCUT2D eigenvalue weighted by Gasteiger charge is -2.58. The van der Waals surface area contributed by atoms with Crippen LogP contribution in [0.25, 0.3) is 56.3 Å². The predicted octanol–water partition coefficient (Wildman–Crippen LogP) is 12.0. The van der Waals surface area contributed by atoms with Crippen molar-refractivity contribution in [3.8, 4) is 33.6 Å². The van der Waals surface area contributed by atoms with Gasteiger partial charge in [-0.1, -0.05) is 133 Å². The summed E-state index contributed by atoms with van der Waals surface area (Å²) in [6, 6.07) is 49.0. The standard InChI is InChI=1S/C49H44N4S/c1-4-12-32-18-20-34-24-28-42(52-48(34)46(32)50)36-22-26-40-41-27-23-37(43-29-25-35-21-19-33(13-5-2)47(51)49(35)53-43)31-45(41)54(3,44(40)30-36,38-14-8-6-9-15-38)39-16-10-7-11-17-39/h4-18,20,22-31,54H,19,21,50-51H2,1-3H3/b12-4-,13-5-. The van der Waals surface area contributed by atoms with Crippen LogP contribution in [0.2, 0.25) is 0 Å². The molecule has 7 aromatic rings. The molecule has 3 heterocycles. The molecular formula is C49H44N4S. The number of aromatic nitrogens is 2. The van der Waals surface area contributed by atoms with Gasteiger partial charge in [-0.15, -0.1) is 0 Å². The minimum atomic E-state index is -3.38. The normalized spacial score (nSPS) is 16.2. The maximum atomic E-state index is 6.77. The summed E-state index contributed by atoms with van der Waals surface area (Å²) < 4.78 is 0. The Labute approximate surface area is 317 Å². The third kappa shape index (κ3) is 4.85. The first-order valence-electron chi connectivity index (χ1n) is 18.7. The smallest absolute Gasteiger partial charge is 0.0944 e. The Morgan fingerprint density at radius 3 is 1.78 bits per heavy atom. The molecule has 54 heavy (non-hydrogen) atoms. The molecule has 9 rings (SSSR count). The third-order valence-electron chi connectivity index (χ3n) is 11.8. The Morgan fingerprint density at radius 1 is 0.593 bits per heavy atom. The molecule has 2 aromatic heterocycles. The van der Waals surface area contributed by atoms with E-state index < -0.39 is 9.16 Å². The number of anilines is 1. The summed E-state index contributed by atoms with van der Waals surface area (Å²) >= 11 is 0. The Morgan fingerprint density at radius 2 is 1.17 bits per heavy atom. The van der Waals surface area contributed by atoms with Gasteiger partial charge in [-0.3, -0.25) is 0 Å². The molecule has 5 heteroatoms. The van der Waals surface area contributed by atoms with Crippen LogP contribution in [-0.4, -0.2) is 16.2 Å². The molecule has 4 N–H and O–H groups in total. The van der Waals surface area contributed by atoms with Crippen molar-refractivity contribution >= 4 is 37.5 Å². The highest BCUT2D eigenvalue weighted by molar-refractivity contribution is 8.49. The SMILES string of the molecule is C/C=C\C1=C(N)c2nc(-c3ccc4c(c3)[SH](C)(c3ccccc3)(c3ccccc3)c3cc(-c5ccc6ccc(/C=C\C)c(N)c6n5)ccc3-4)ccc2CC1. The van der Waals surface area contributed by atoms with E-state index in [1.165, 1.54) is 36.3 Å². The molecule has 0 saturated heterocycles. The Bertz CT molecular complexity index is 2690. The Kier molecular flexibility index (Phi) is 7.95. The topological polar surface area (TPSA) is 77.8 Å². The molecule has 2 aliphatic rings. The number of benzene rings is 5. The van der Waals surface area contributed by atoms with Gasteiger partial charge in [-0.2, -0.15) is 0 Å². The summed E-state index contributed by atoms with van der Waals surface area (Å²) in [5, 5.41) is 1.03. The molecule has 0 saturated carbocycles. The zero-order chi connectivity index (χ0) is 37.1. The van der Waals surface area contributed by atoms with Gasteiger partial charge >= 0.3 is 0 Å². The van der Waals surface area contributed by atoms with Gasteiger partial charge in [0, 0.05) is 16.5 Å². The molecular weight excluding hydrogens is 677 g/mol. The number of thiol groups is 1. The predicted molar refractivity (Wildman–Crippen MR) is 230 cm³/mol. The fraction of sp³-hybridized carbons (Fsp3) is 0.102. The van der Waals surface area contributed by atoms with E-state index in [1.54, 1.807) is 0 Å². The number of nitrogens with zero attached hydrogens (tertiary/aromatic N) is 2. The summed E-state index contributed by atoms with van der Waals surface area (Å²) in [5.74, 6) is 0. The molecule has 1 aliphatic heterocycles. The van der Waals surface area contributed by atoms with Crippen LogP contribution >= 0.6 is 9.16 Å². The molecule has 0 fully saturated rings. The molecule has 0 atom stereocenters. The summed E-state index contributed by atoms with van der Waals surface area (Å²) in [5.41, 5.74) is 26.5. The minimum Gasteiger partial charge on any atom is -0.397 e. The van der Waals surface area contributed by atoms with Crippen LogP contribution in [0.15, 0.2) is 177 Å². The van der Waals surface area contributed by atoms with Crippen molar-refractivity contribution in [2.45, 2.75) is 46.3 Å². The van der Waals surface area contributed by atoms with Crippen molar-refractivity contribution in [2.75, 3.05) is 12.0 Å². The van der Waals surface area contributed by atoms with Crippen LogP contribution in [0, 0.1) is 0 Å². The third-order valence-corrected chi connectivity index (χ3v) is 18.1. The van der Waals surface area contributed by atoms with Gasteiger partial charge in [0.2, 0.25) is 0 Å². The molecule has 5 aromatic carbocycles. The second-order valence-corrected chi connectivity index (χ2v) is 19.8. The second kappa shape index (κ2) is 12.8. The monoisotopic (exact) mass is 720 g/mol. The van der Waals surface area contributed by atoms with Gasteiger partial charge in [0.15, 0.2) is 0 Å². The first kappa shape index (κ1) is 33.7. The fourth-order valence-electron chi connectivity index (χ4n) is 8.92. The number of allylic oxidation sites excluding steroid dienone is 4. The number of aryl methyl sites for hydroxylation is 1. The molecule has 0 amide bonds. The van der Waals surface area contributed by atoms with E-state index in [1.807, 2.05) is 26.0 Å². The molecule has 4 nitrogen and oxygen atoms in total. The average molecular weight is 721 g/mol. The van der Waals surface area contributed by atoms with Crippen molar-refractivity contribution in [1.29, 1.82) is 0 Å². The fourth-order valence-corrected chi connectivity index (χ4v) is 14.9. The van der Waals surface area contributed by atoms with Crippen molar-refractivity contribution in [1.82, 2.24) is 9.97 Å². The second-order valence-electron chi connectivity index (χ2n) is 14.7. The minimum absolute atomic E-state index is 0.698. The highest BCUT2D eigenvalue weighted by atomic mass is 32.3. The van der Waals surface area contributed by atoms with Crippen LogP contribution in [0.3, 0.4) is 0 Å². The molecule has 0 radical (unpaired) electrons. The Hall–Kier alpha value is -6.17. The molecule has 0 spiro atoms. The lowest BCUT2D eigenvalue weighted by atomic mass is 9.92. The molecule has 1 aliphatic carbocycles. The average Bonchev–Trinajstić information content (AvgIpc) is 3.46. The highest BCUT2D eigenvalue weighted by Gasteiger charge is 2.51. The van der Waals surface area contributed by atoms with Crippen LogP contribution in [-0.2, 0) is 6.42 Å². The molecule has 266 valence electrons. The number of nitrogen functional groups attached to an aromatic ring is 1. The Balaban J connectivity index is 1.30. The highest BCUT2D eigenvalue weighted by Crippen LogP contribution is 2.92. The zero-order valence-corrected chi connectivity index (χ0v) is 31.8. The van der Waals surface area contributed by atoms with Crippen LogP contribution in [0.5, 0.6) is 0 Å². The van der Waals surface area contributed by atoms with Gasteiger partial charge in [-0.25, -0.2) is 19.1 Å². The summed E-state index contributed by atoms with van der Waals surface area (Å²) in [4.78, 5) is 15.8. The summed E-state index contributed by atoms with van der Waals surface area (Å²) in [6.07, 6.45) is 12.6. The van der Waals surface area contributed by atoms with Crippen molar-refractivity contribution in [3.63, 3.8) is 0 Å². The number of fused-ring (bicyclic) bond motifs is 5. The van der Waals surface area contributed by atoms with E-state index in [0.29, 0.717) is 5.69 Å². The van der Waals surface area contributed by atoms with Gasteiger partial charge in [-0.05, 0) is 105 Å². The lowest BCUT2D eigenvalue weighted by molar-refractivity contribution is 0.917. The van der Waals surface area contributed by atoms with Gasteiger partial charge in [0.1, 0.15) is 0 Å².